The minimum atomic E-state index is -0.392. The van der Waals surface area contributed by atoms with Crippen molar-refractivity contribution in [1.82, 2.24) is 20.4 Å². The fourth-order valence-corrected chi connectivity index (χ4v) is 4.99. The average molecular weight is 475 g/mol. The van der Waals surface area contributed by atoms with E-state index in [2.05, 4.69) is 22.6 Å². The number of aromatic nitrogens is 2. The number of amides is 2. The average Bonchev–Trinajstić information content (AvgIpc) is 3.54. The van der Waals surface area contributed by atoms with Gasteiger partial charge in [0.25, 0.3) is 5.89 Å². The van der Waals surface area contributed by atoms with Gasteiger partial charge in [0.2, 0.25) is 5.82 Å². The molecule has 5 rings (SSSR count). The molecule has 3 heterocycles. The quantitative estimate of drug-likeness (QED) is 0.336. The summed E-state index contributed by atoms with van der Waals surface area (Å²) in [6.45, 7) is 2.42. The predicted molar refractivity (Wildman–Crippen MR) is 132 cm³/mol. The van der Waals surface area contributed by atoms with Crippen LogP contribution >= 0.6 is 23.1 Å². The van der Waals surface area contributed by atoms with Crippen LogP contribution in [0.4, 0.5) is 4.79 Å². The van der Waals surface area contributed by atoms with E-state index >= 15 is 0 Å². The number of carbonyl (C=O) groups is 1. The number of thiophene rings is 1. The fourth-order valence-electron chi connectivity index (χ4n) is 3.89. The SMILES string of the molecule is CSc1ccc(C2NC(=O)N(Cc3cccs3)C(C)=C2c2nc(-c3ccccc3)no2)cc1. The van der Waals surface area contributed by atoms with Gasteiger partial charge in [0, 0.05) is 21.0 Å². The number of rotatable bonds is 6. The Morgan fingerprint density at radius 3 is 2.58 bits per heavy atom. The standard InChI is InChI=1S/C25H22N4O2S2/c1-16-21(24-27-23(28-31-24)18-7-4-3-5-8-18)22(17-10-12-19(32-2)13-11-17)26-25(30)29(16)15-20-9-6-14-33-20/h3-14,22H,15H2,1-2H3,(H,26,30). The molecule has 6 nitrogen and oxygen atoms in total. The van der Waals surface area contributed by atoms with Crippen molar-refractivity contribution in [3.8, 4) is 11.4 Å². The van der Waals surface area contributed by atoms with Gasteiger partial charge in [-0.2, -0.15) is 4.98 Å². The Balaban J connectivity index is 1.59. The second-order valence-electron chi connectivity index (χ2n) is 7.61. The van der Waals surface area contributed by atoms with E-state index in [1.54, 1.807) is 28.0 Å². The summed E-state index contributed by atoms with van der Waals surface area (Å²) in [6, 6.07) is 21.4. The first kappa shape index (κ1) is 21.5. The normalized spacial score (nSPS) is 16.2. The van der Waals surface area contributed by atoms with Crippen molar-refractivity contribution in [2.75, 3.05) is 6.26 Å². The highest BCUT2D eigenvalue weighted by atomic mass is 32.2. The van der Waals surface area contributed by atoms with Gasteiger partial charge in [-0.3, -0.25) is 4.90 Å². The van der Waals surface area contributed by atoms with Crippen LogP contribution in [0, 0.1) is 0 Å². The molecule has 1 unspecified atom stereocenters. The minimum absolute atomic E-state index is 0.147. The molecule has 2 aromatic carbocycles. The molecule has 1 N–H and O–H groups in total. The second kappa shape index (κ2) is 9.25. The summed E-state index contributed by atoms with van der Waals surface area (Å²) in [4.78, 5) is 21.9. The number of allylic oxidation sites excluding steroid dienone is 1. The summed E-state index contributed by atoms with van der Waals surface area (Å²) in [7, 11) is 0. The number of nitrogens with one attached hydrogen (secondary N) is 1. The third kappa shape index (κ3) is 4.31. The van der Waals surface area contributed by atoms with E-state index in [-0.39, 0.29) is 6.03 Å². The van der Waals surface area contributed by atoms with Crippen molar-refractivity contribution < 1.29 is 9.32 Å². The monoisotopic (exact) mass is 474 g/mol. The van der Waals surface area contributed by atoms with Crippen LogP contribution in [0.5, 0.6) is 0 Å². The molecule has 2 aromatic heterocycles. The number of benzene rings is 2. The molecule has 8 heteroatoms. The van der Waals surface area contributed by atoms with E-state index in [9.17, 15) is 4.79 Å². The number of hydrogen-bond donors (Lipinski definition) is 1. The Hall–Kier alpha value is -3.36. The molecule has 1 aliphatic rings. The third-order valence-corrected chi connectivity index (χ3v) is 7.23. The number of urea groups is 1. The van der Waals surface area contributed by atoms with Gasteiger partial charge in [-0.15, -0.1) is 23.1 Å². The molecule has 0 aliphatic carbocycles. The molecule has 2 amide bonds. The largest absolute Gasteiger partial charge is 0.334 e. The van der Waals surface area contributed by atoms with Crippen molar-refractivity contribution in [3.05, 3.63) is 94.1 Å². The smallest absolute Gasteiger partial charge is 0.322 e. The molecule has 0 radical (unpaired) electrons. The van der Waals surface area contributed by atoms with E-state index in [0.29, 0.717) is 18.3 Å². The first-order valence-corrected chi connectivity index (χ1v) is 12.6. The van der Waals surface area contributed by atoms with E-state index in [1.807, 2.05) is 73.2 Å². The molecule has 0 saturated heterocycles. The van der Waals surface area contributed by atoms with Crippen LogP contribution in [-0.2, 0) is 6.54 Å². The van der Waals surface area contributed by atoms with Crippen LogP contribution in [-0.4, -0.2) is 27.3 Å². The molecule has 166 valence electrons. The van der Waals surface area contributed by atoms with E-state index in [1.165, 1.54) is 0 Å². The Morgan fingerprint density at radius 1 is 1.09 bits per heavy atom. The molecule has 33 heavy (non-hydrogen) atoms. The first-order valence-electron chi connectivity index (χ1n) is 10.5. The fraction of sp³-hybridized carbons (Fsp3) is 0.160. The summed E-state index contributed by atoms with van der Waals surface area (Å²) < 4.78 is 5.75. The highest BCUT2D eigenvalue weighted by Crippen LogP contribution is 2.38. The molecular formula is C25H22N4O2S2. The maximum absolute atomic E-state index is 13.2. The molecule has 0 bridgehead atoms. The number of hydrogen-bond acceptors (Lipinski definition) is 6. The Labute approximate surface area is 200 Å². The van der Waals surface area contributed by atoms with Crippen LogP contribution in [0.15, 0.2) is 87.2 Å². The van der Waals surface area contributed by atoms with Crippen LogP contribution in [0.1, 0.15) is 29.3 Å². The van der Waals surface area contributed by atoms with Gasteiger partial charge in [0.15, 0.2) is 0 Å². The molecule has 4 aromatic rings. The molecular weight excluding hydrogens is 452 g/mol. The Morgan fingerprint density at radius 2 is 1.88 bits per heavy atom. The zero-order valence-electron chi connectivity index (χ0n) is 18.2. The lowest BCUT2D eigenvalue weighted by atomic mass is 9.94. The van der Waals surface area contributed by atoms with Gasteiger partial charge in [-0.1, -0.05) is 53.7 Å². The van der Waals surface area contributed by atoms with Crippen molar-refractivity contribution in [3.63, 3.8) is 0 Å². The summed E-state index contributed by atoms with van der Waals surface area (Å²) >= 11 is 3.30. The lowest BCUT2D eigenvalue weighted by Crippen LogP contribution is -2.45. The lowest BCUT2D eigenvalue weighted by molar-refractivity contribution is 0.203. The summed E-state index contributed by atoms with van der Waals surface area (Å²) in [5.41, 5.74) is 3.44. The van der Waals surface area contributed by atoms with Gasteiger partial charge >= 0.3 is 6.03 Å². The minimum Gasteiger partial charge on any atom is -0.334 e. The van der Waals surface area contributed by atoms with Gasteiger partial charge in [0.1, 0.15) is 0 Å². The van der Waals surface area contributed by atoms with Crippen molar-refractivity contribution in [1.29, 1.82) is 0 Å². The van der Waals surface area contributed by atoms with Gasteiger partial charge in [-0.25, -0.2) is 4.79 Å². The molecule has 0 spiro atoms. The zero-order chi connectivity index (χ0) is 22.8. The maximum Gasteiger partial charge on any atom is 0.322 e. The van der Waals surface area contributed by atoms with Gasteiger partial charge in [0.05, 0.1) is 18.2 Å². The first-order chi connectivity index (χ1) is 16.1. The number of carbonyl (C=O) groups excluding carboxylic acids is 1. The van der Waals surface area contributed by atoms with Crippen molar-refractivity contribution in [2.45, 2.75) is 24.4 Å². The Kier molecular flexibility index (Phi) is 6.02. The van der Waals surface area contributed by atoms with Crippen molar-refractivity contribution >= 4 is 34.7 Å². The molecule has 0 fully saturated rings. The highest BCUT2D eigenvalue weighted by molar-refractivity contribution is 7.98. The van der Waals surface area contributed by atoms with E-state index in [4.69, 9.17) is 9.51 Å². The molecule has 1 aliphatic heterocycles. The van der Waals surface area contributed by atoms with Crippen LogP contribution in [0.25, 0.3) is 17.0 Å². The summed E-state index contributed by atoms with van der Waals surface area (Å²) in [5, 5.41) is 9.39. The lowest BCUT2D eigenvalue weighted by Gasteiger charge is -2.35. The summed E-state index contributed by atoms with van der Waals surface area (Å²) in [5.74, 6) is 0.922. The van der Waals surface area contributed by atoms with Gasteiger partial charge < -0.3 is 9.84 Å². The van der Waals surface area contributed by atoms with Gasteiger partial charge in [-0.05, 0) is 42.3 Å². The van der Waals surface area contributed by atoms with Crippen molar-refractivity contribution in [2.24, 2.45) is 0 Å². The number of nitrogens with zero attached hydrogens (tertiary/aromatic N) is 3. The predicted octanol–water partition coefficient (Wildman–Crippen LogP) is 6.22. The van der Waals surface area contributed by atoms with E-state index < -0.39 is 6.04 Å². The summed E-state index contributed by atoms with van der Waals surface area (Å²) in [6.07, 6.45) is 2.04. The van der Waals surface area contributed by atoms with Crippen LogP contribution in [0.3, 0.4) is 0 Å². The topological polar surface area (TPSA) is 71.3 Å². The van der Waals surface area contributed by atoms with Crippen LogP contribution in [0.2, 0.25) is 0 Å². The molecule has 0 saturated carbocycles. The molecule has 1 atom stereocenters. The number of thioether (sulfide) groups is 1. The highest BCUT2D eigenvalue weighted by Gasteiger charge is 2.35. The zero-order valence-corrected chi connectivity index (χ0v) is 19.8. The van der Waals surface area contributed by atoms with Crippen LogP contribution < -0.4 is 5.32 Å². The Bertz CT molecular complexity index is 1280. The second-order valence-corrected chi connectivity index (χ2v) is 9.52. The van der Waals surface area contributed by atoms with E-state index in [0.717, 1.165) is 32.2 Å². The third-order valence-electron chi connectivity index (χ3n) is 5.63. The maximum atomic E-state index is 13.2.